The molecule has 0 radical (unpaired) electrons. The summed E-state index contributed by atoms with van der Waals surface area (Å²) in [6.07, 6.45) is 2.53. The van der Waals surface area contributed by atoms with Gasteiger partial charge >= 0.3 is 5.69 Å². The number of unbranched alkanes of at least 4 members (excludes halogenated alkanes) is 1. The maximum Gasteiger partial charge on any atom is 0.323 e. The Morgan fingerprint density at radius 1 is 0.925 bits per heavy atom. The Morgan fingerprint density at radius 2 is 1.60 bits per heavy atom. The number of aliphatic carboxylic acids is 1. The molecule has 6 N–H and O–H groups in total. The van der Waals surface area contributed by atoms with E-state index in [0.29, 0.717) is 40.7 Å². The van der Waals surface area contributed by atoms with E-state index in [9.17, 15) is 9.59 Å². The molecule has 40 heavy (non-hydrogen) atoms. The molecule has 3 aromatic heterocycles. The third-order valence-corrected chi connectivity index (χ3v) is 6.69. The zero-order valence-electron chi connectivity index (χ0n) is 22.0. The molecule has 0 saturated carbocycles. The number of nitrogens with one attached hydrogen (secondary N) is 3. The van der Waals surface area contributed by atoms with Crippen molar-refractivity contribution in [2.75, 3.05) is 6.54 Å². The molecule has 0 bridgehead atoms. The number of rotatable bonds is 7. The number of benzene rings is 3. The number of hydrogen-bond donors (Lipinski definition) is 5. The summed E-state index contributed by atoms with van der Waals surface area (Å²) < 4.78 is 2.31. The fourth-order valence-corrected chi connectivity index (χ4v) is 5.05. The van der Waals surface area contributed by atoms with Crippen LogP contribution in [-0.4, -0.2) is 42.1 Å². The van der Waals surface area contributed by atoms with E-state index in [1.807, 2.05) is 30.3 Å². The van der Waals surface area contributed by atoms with E-state index in [1.54, 1.807) is 12.1 Å². The number of fused-ring (bicyclic) bond motifs is 3. The molecule has 204 valence electrons. The van der Waals surface area contributed by atoms with E-state index in [-0.39, 0.29) is 11.2 Å². The molecule has 0 spiro atoms. The van der Waals surface area contributed by atoms with Crippen LogP contribution in [0, 0.1) is 0 Å². The molecule has 0 aliphatic rings. The van der Waals surface area contributed by atoms with Crippen molar-refractivity contribution in [3.63, 3.8) is 0 Å². The lowest BCUT2D eigenvalue weighted by atomic mass is 10.0. The van der Waals surface area contributed by atoms with Gasteiger partial charge in [0.25, 0.3) is 11.5 Å². The summed E-state index contributed by atoms with van der Waals surface area (Å²) in [6, 6.07) is 22.0. The van der Waals surface area contributed by atoms with Crippen LogP contribution in [0.25, 0.3) is 44.2 Å². The molecule has 3 aromatic carbocycles. The second-order valence-corrected chi connectivity index (χ2v) is 9.58. The van der Waals surface area contributed by atoms with Crippen LogP contribution < -0.4 is 17.0 Å². The number of aromatic nitrogens is 5. The summed E-state index contributed by atoms with van der Waals surface area (Å²) in [7, 11) is 0. The minimum Gasteiger partial charge on any atom is -0.481 e. The molecule has 0 aliphatic heterocycles. The summed E-state index contributed by atoms with van der Waals surface area (Å²) in [5, 5.41) is 8.41. The average Bonchev–Trinajstić information content (AvgIpc) is 3.43. The topological polar surface area (TPSA) is 163 Å². The summed E-state index contributed by atoms with van der Waals surface area (Å²) in [4.78, 5) is 47.6. The minimum absolute atomic E-state index is 0.265. The number of nitrogens with two attached hydrogens (primary N) is 1. The molecule has 0 unspecified atom stereocenters. The lowest BCUT2D eigenvalue weighted by Gasteiger charge is -2.13. The van der Waals surface area contributed by atoms with Gasteiger partial charge in [0, 0.05) is 42.0 Å². The normalized spacial score (nSPS) is 11.2. The first kappa shape index (κ1) is 26.6. The number of nitrogens with zero attached hydrogens (tertiary/aromatic N) is 2. The van der Waals surface area contributed by atoms with Gasteiger partial charge in [0.05, 0.1) is 22.1 Å². The molecule has 0 fully saturated rings. The van der Waals surface area contributed by atoms with Gasteiger partial charge in [-0.2, -0.15) is 0 Å². The maximum atomic E-state index is 13.5. The molecule has 0 amide bonds. The van der Waals surface area contributed by atoms with Crippen molar-refractivity contribution in [1.29, 1.82) is 0 Å². The van der Waals surface area contributed by atoms with Gasteiger partial charge in [-0.3, -0.25) is 9.59 Å². The monoisotopic (exact) mass is 538 g/mol. The molecule has 10 heteroatoms. The second kappa shape index (κ2) is 11.4. The first-order valence-electron chi connectivity index (χ1n) is 13.1. The van der Waals surface area contributed by atoms with E-state index in [2.05, 4.69) is 43.8 Å². The summed E-state index contributed by atoms with van der Waals surface area (Å²) >= 11 is 0. The molecule has 0 atom stereocenters. The Kier molecular flexibility index (Phi) is 7.61. The number of aromatic amines is 3. The predicted molar refractivity (Wildman–Crippen MR) is 157 cm³/mol. The van der Waals surface area contributed by atoms with E-state index in [1.165, 1.54) is 0 Å². The Hall–Kier alpha value is -4.96. The third-order valence-electron chi connectivity index (χ3n) is 6.69. The number of carbonyl (C=O) groups is 1. The fourth-order valence-electron chi connectivity index (χ4n) is 5.05. The number of carboxylic acids is 1. The predicted octanol–water partition coefficient (Wildman–Crippen LogP) is 4.14. The molecule has 6 rings (SSSR count). The van der Waals surface area contributed by atoms with Gasteiger partial charge in [0.1, 0.15) is 5.69 Å². The van der Waals surface area contributed by atoms with Crippen molar-refractivity contribution in [3.05, 3.63) is 98.8 Å². The fraction of sp³-hybridized carbons (Fsp3) is 0.200. The van der Waals surface area contributed by atoms with Gasteiger partial charge in [-0.15, -0.1) is 0 Å². The van der Waals surface area contributed by atoms with Crippen molar-refractivity contribution in [1.82, 2.24) is 24.5 Å². The molecule has 3 heterocycles. The highest BCUT2D eigenvalue weighted by molar-refractivity contribution is 5.99. The maximum absolute atomic E-state index is 13.5. The molecule has 10 nitrogen and oxygen atoms in total. The van der Waals surface area contributed by atoms with Crippen molar-refractivity contribution in [3.8, 4) is 11.3 Å². The number of hydrogen-bond acceptors (Lipinski definition) is 5. The largest absolute Gasteiger partial charge is 0.481 e. The van der Waals surface area contributed by atoms with Gasteiger partial charge in [0.15, 0.2) is 0 Å². The average molecular weight is 539 g/mol. The van der Waals surface area contributed by atoms with E-state index >= 15 is 0 Å². The van der Waals surface area contributed by atoms with Crippen LogP contribution in [0.15, 0.2) is 76.3 Å². The Labute approximate surface area is 228 Å². The van der Waals surface area contributed by atoms with Crippen LogP contribution in [0.4, 0.5) is 0 Å². The highest BCUT2D eigenvalue weighted by Crippen LogP contribution is 2.35. The van der Waals surface area contributed by atoms with Crippen LogP contribution in [0.5, 0.6) is 0 Å². The molecule has 0 saturated heterocycles. The zero-order valence-corrected chi connectivity index (χ0v) is 22.0. The van der Waals surface area contributed by atoms with E-state index < -0.39 is 5.97 Å². The highest BCUT2D eigenvalue weighted by atomic mass is 16.4. The van der Waals surface area contributed by atoms with Crippen molar-refractivity contribution in [2.24, 2.45) is 5.73 Å². The minimum atomic E-state index is -0.833. The Bertz CT molecular complexity index is 1930. The zero-order chi connectivity index (χ0) is 28.2. The van der Waals surface area contributed by atoms with Crippen LogP contribution in [0.2, 0.25) is 0 Å². The lowest BCUT2D eigenvalue weighted by Crippen LogP contribution is -2.13. The van der Waals surface area contributed by atoms with Gasteiger partial charge in [0.2, 0.25) is 0 Å². The highest BCUT2D eigenvalue weighted by Gasteiger charge is 2.22. The van der Waals surface area contributed by atoms with Crippen LogP contribution in [0.3, 0.4) is 0 Å². The van der Waals surface area contributed by atoms with Crippen LogP contribution in [0.1, 0.15) is 31.0 Å². The van der Waals surface area contributed by atoms with Gasteiger partial charge in [-0.25, -0.2) is 9.78 Å². The Morgan fingerprint density at radius 3 is 2.33 bits per heavy atom. The van der Waals surface area contributed by atoms with Crippen molar-refractivity contribution < 1.29 is 9.90 Å². The number of H-pyrrole nitrogens is 3. The summed E-state index contributed by atoms with van der Waals surface area (Å²) in [5.74, 6) is -0.833. The second-order valence-electron chi connectivity index (χ2n) is 9.58. The summed E-state index contributed by atoms with van der Waals surface area (Å²) in [6.45, 7) is 2.53. The SMILES string of the molecule is CC(=O)O.NCCCCn1c(Cc2ccccc2)c(-c2nc3cc4[nH]c(=O)[nH]c4cc3[nH]c2=O)c2ccccc21. The van der Waals surface area contributed by atoms with Gasteiger partial charge in [-0.05, 0) is 43.1 Å². The lowest BCUT2D eigenvalue weighted by molar-refractivity contribution is -0.134. The number of carboxylic acid groups (broad SMARTS) is 1. The van der Waals surface area contributed by atoms with Crippen LogP contribution in [-0.2, 0) is 17.8 Å². The first-order chi connectivity index (χ1) is 19.4. The molecular formula is C30H30N6O4. The Balaban J connectivity index is 0.000000758. The van der Waals surface area contributed by atoms with E-state index in [4.69, 9.17) is 20.6 Å². The standard InChI is InChI=1S/C28H26N6O2.C2H4O2/c29-12-6-7-13-34-23-11-5-4-10-18(23)25(24(34)14-17-8-2-1-3-9-17)26-27(35)31-20-16-22-21(15-19(20)30-26)32-28(36)33-22;1-2(3)4/h1-5,8-11,15-16H,6-7,12-14,29H2,(H,31,35)(H2,32,33,36);1H3,(H,3,4). The smallest absolute Gasteiger partial charge is 0.323 e. The van der Waals surface area contributed by atoms with Crippen LogP contribution >= 0.6 is 0 Å². The van der Waals surface area contributed by atoms with Gasteiger partial charge in [-0.1, -0.05) is 48.5 Å². The van der Waals surface area contributed by atoms with Gasteiger partial charge < -0.3 is 30.4 Å². The number of para-hydroxylation sites is 1. The number of aryl methyl sites for hydroxylation is 1. The number of imidazole rings is 1. The summed E-state index contributed by atoms with van der Waals surface area (Å²) in [5.41, 5.74) is 12.2. The quantitative estimate of drug-likeness (QED) is 0.192. The van der Waals surface area contributed by atoms with Crippen molar-refractivity contribution >= 4 is 38.9 Å². The first-order valence-corrected chi connectivity index (χ1v) is 13.1. The van der Waals surface area contributed by atoms with Crippen molar-refractivity contribution in [2.45, 2.75) is 32.7 Å². The molecular weight excluding hydrogens is 508 g/mol. The third kappa shape index (κ3) is 5.43. The molecule has 0 aliphatic carbocycles. The molecule has 6 aromatic rings. The van der Waals surface area contributed by atoms with E-state index in [0.717, 1.165) is 54.0 Å².